The number of aromatic nitrogens is 2. The molecule has 0 aliphatic carbocycles. The van der Waals surface area contributed by atoms with Crippen LogP contribution < -0.4 is 0 Å². The fourth-order valence-corrected chi connectivity index (χ4v) is 1.59. The smallest absolute Gasteiger partial charge is 0.325 e. The van der Waals surface area contributed by atoms with E-state index < -0.39 is 5.97 Å². The van der Waals surface area contributed by atoms with Crippen molar-refractivity contribution >= 4 is 5.97 Å². The molecular weight excluding hydrogens is 220 g/mol. The highest BCUT2D eigenvalue weighted by Gasteiger charge is 2.04. The van der Waals surface area contributed by atoms with Gasteiger partial charge in [0, 0.05) is 11.8 Å². The second-order valence-corrected chi connectivity index (χ2v) is 3.68. The molecule has 1 heterocycles. The molecule has 5 nitrogen and oxygen atoms in total. The van der Waals surface area contributed by atoms with Gasteiger partial charge >= 0.3 is 5.97 Å². The van der Waals surface area contributed by atoms with E-state index in [1.165, 1.54) is 4.68 Å². The zero-order chi connectivity index (χ0) is 12.3. The molecule has 0 atom stereocenters. The van der Waals surface area contributed by atoms with E-state index in [9.17, 15) is 4.79 Å². The van der Waals surface area contributed by atoms with Crippen molar-refractivity contribution in [1.82, 2.24) is 9.78 Å². The lowest BCUT2D eigenvalue weighted by Gasteiger charge is -2.00. The van der Waals surface area contributed by atoms with Gasteiger partial charge in [-0.2, -0.15) is 5.10 Å². The molecule has 0 bridgehead atoms. The number of carbonyl (C=O) groups is 1. The van der Waals surface area contributed by atoms with Crippen LogP contribution in [0.1, 0.15) is 5.56 Å². The molecule has 0 unspecified atom stereocenters. The van der Waals surface area contributed by atoms with Crippen molar-refractivity contribution in [3.8, 4) is 11.1 Å². The predicted molar refractivity (Wildman–Crippen MR) is 61.2 cm³/mol. The molecule has 88 valence electrons. The predicted octanol–water partition coefficient (Wildman–Crippen LogP) is 1.13. The van der Waals surface area contributed by atoms with Gasteiger partial charge in [-0.3, -0.25) is 9.48 Å². The molecule has 2 rings (SSSR count). The second kappa shape index (κ2) is 4.80. The summed E-state index contributed by atoms with van der Waals surface area (Å²) < 4.78 is 1.36. The minimum atomic E-state index is -0.927. The maximum absolute atomic E-state index is 10.5. The maximum Gasteiger partial charge on any atom is 0.325 e. The highest BCUT2D eigenvalue weighted by molar-refractivity contribution is 5.67. The molecule has 0 radical (unpaired) electrons. The van der Waals surface area contributed by atoms with Gasteiger partial charge in [-0.15, -0.1) is 0 Å². The Kier molecular flexibility index (Phi) is 3.20. The van der Waals surface area contributed by atoms with Crippen molar-refractivity contribution in [3.63, 3.8) is 0 Å². The van der Waals surface area contributed by atoms with Crippen LogP contribution in [0.3, 0.4) is 0 Å². The van der Waals surface area contributed by atoms with Gasteiger partial charge in [-0.25, -0.2) is 0 Å². The molecule has 5 heteroatoms. The fourth-order valence-electron chi connectivity index (χ4n) is 1.59. The van der Waals surface area contributed by atoms with E-state index in [0.29, 0.717) is 0 Å². The second-order valence-electron chi connectivity index (χ2n) is 3.68. The van der Waals surface area contributed by atoms with Gasteiger partial charge < -0.3 is 10.2 Å². The third-order valence-corrected chi connectivity index (χ3v) is 2.37. The number of carboxylic acids is 1. The van der Waals surface area contributed by atoms with Crippen LogP contribution in [-0.4, -0.2) is 26.0 Å². The zero-order valence-corrected chi connectivity index (χ0v) is 9.08. The summed E-state index contributed by atoms with van der Waals surface area (Å²) in [5.74, 6) is -0.927. The van der Waals surface area contributed by atoms with Gasteiger partial charge in [0.05, 0.1) is 12.8 Å². The molecule has 0 aliphatic rings. The molecule has 1 aromatic heterocycles. The standard InChI is InChI=1S/C12H12N2O3/c15-8-9-2-1-3-10(4-9)11-5-13-14(6-11)7-12(16)17/h1-6,15H,7-8H2,(H,16,17). The summed E-state index contributed by atoms with van der Waals surface area (Å²) in [6.07, 6.45) is 3.28. The Morgan fingerprint density at radius 1 is 1.35 bits per heavy atom. The lowest BCUT2D eigenvalue weighted by atomic mass is 10.1. The van der Waals surface area contributed by atoms with Crippen molar-refractivity contribution < 1.29 is 15.0 Å². The van der Waals surface area contributed by atoms with Crippen LogP contribution in [0.15, 0.2) is 36.7 Å². The topological polar surface area (TPSA) is 75.3 Å². The van der Waals surface area contributed by atoms with E-state index in [1.54, 1.807) is 12.4 Å². The van der Waals surface area contributed by atoms with E-state index in [0.717, 1.165) is 16.7 Å². The third-order valence-electron chi connectivity index (χ3n) is 2.37. The number of carboxylic acid groups (broad SMARTS) is 1. The van der Waals surface area contributed by atoms with Gasteiger partial charge in [0.25, 0.3) is 0 Å². The van der Waals surface area contributed by atoms with Crippen LogP contribution in [0.25, 0.3) is 11.1 Å². The Morgan fingerprint density at radius 3 is 2.88 bits per heavy atom. The maximum atomic E-state index is 10.5. The summed E-state index contributed by atoms with van der Waals surface area (Å²) in [4.78, 5) is 10.5. The van der Waals surface area contributed by atoms with Crippen molar-refractivity contribution in [3.05, 3.63) is 42.2 Å². The van der Waals surface area contributed by atoms with Gasteiger partial charge in [0.15, 0.2) is 0 Å². The lowest BCUT2D eigenvalue weighted by Crippen LogP contribution is -2.08. The first-order chi connectivity index (χ1) is 8.19. The summed E-state index contributed by atoms with van der Waals surface area (Å²) >= 11 is 0. The van der Waals surface area contributed by atoms with Crippen LogP contribution in [-0.2, 0) is 17.9 Å². The summed E-state index contributed by atoms with van der Waals surface area (Å²) in [6, 6.07) is 7.41. The SMILES string of the molecule is O=C(O)Cn1cc(-c2cccc(CO)c2)cn1. The molecule has 17 heavy (non-hydrogen) atoms. The number of aliphatic carboxylic acids is 1. The zero-order valence-electron chi connectivity index (χ0n) is 9.08. The number of aliphatic hydroxyl groups is 1. The van der Waals surface area contributed by atoms with Crippen LogP contribution >= 0.6 is 0 Å². The van der Waals surface area contributed by atoms with Crippen LogP contribution in [0.5, 0.6) is 0 Å². The number of hydrogen-bond donors (Lipinski definition) is 2. The van der Waals surface area contributed by atoms with E-state index in [4.69, 9.17) is 10.2 Å². The van der Waals surface area contributed by atoms with Gasteiger partial charge in [-0.1, -0.05) is 18.2 Å². The molecule has 0 saturated carbocycles. The Bertz CT molecular complexity index is 534. The monoisotopic (exact) mass is 232 g/mol. The summed E-state index contributed by atoms with van der Waals surface area (Å²) in [5, 5.41) is 21.6. The first kappa shape index (κ1) is 11.3. The minimum Gasteiger partial charge on any atom is -0.480 e. The molecule has 2 N–H and O–H groups in total. The summed E-state index contributed by atoms with van der Waals surface area (Å²) in [6.45, 7) is -0.170. The molecule has 0 aliphatic heterocycles. The number of nitrogens with zero attached hydrogens (tertiary/aromatic N) is 2. The largest absolute Gasteiger partial charge is 0.480 e. The molecule has 0 amide bonds. The molecule has 0 spiro atoms. The quantitative estimate of drug-likeness (QED) is 0.828. The van der Waals surface area contributed by atoms with Crippen molar-refractivity contribution in [1.29, 1.82) is 0 Å². The molecule has 1 aromatic carbocycles. The first-order valence-electron chi connectivity index (χ1n) is 5.13. The van der Waals surface area contributed by atoms with Crippen molar-refractivity contribution in [2.45, 2.75) is 13.2 Å². The van der Waals surface area contributed by atoms with Crippen LogP contribution in [0, 0.1) is 0 Å². The Morgan fingerprint density at radius 2 is 2.18 bits per heavy atom. The van der Waals surface area contributed by atoms with E-state index in [1.807, 2.05) is 24.3 Å². The highest BCUT2D eigenvalue weighted by atomic mass is 16.4. The normalized spacial score (nSPS) is 10.4. The van der Waals surface area contributed by atoms with E-state index in [-0.39, 0.29) is 13.2 Å². The number of aliphatic hydroxyl groups excluding tert-OH is 1. The average molecular weight is 232 g/mol. The number of hydrogen-bond acceptors (Lipinski definition) is 3. The average Bonchev–Trinajstić information content (AvgIpc) is 2.77. The van der Waals surface area contributed by atoms with E-state index in [2.05, 4.69) is 5.10 Å². The molecule has 2 aromatic rings. The molecule has 0 fully saturated rings. The molecule has 0 saturated heterocycles. The summed E-state index contributed by atoms with van der Waals surface area (Å²) in [5.41, 5.74) is 2.56. The Balaban J connectivity index is 2.26. The van der Waals surface area contributed by atoms with Gasteiger partial charge in [0.2, 0.25) is 0 Å². The molecular formula is C12H12N2O3. The fraction of sp³-hybridized carbons (Fsp3) is 0.167. The highest BCUT2D eigenvalue weighted by Crippen LogP contribution is 2.19. The van der Waals surface area contributed by atoms with E-state index >= 15 is 0 Å². The van der Waals surface area contributed by atoms with Gasteiger partial charge in [0.1, 0.15) is 6.54 Å². The number of rotatable bonds is 4. The van der Waals surface area contributed by atoms with Crippen molar-refractivity contribution in [2.24, 2.45) is 0 Å². The Labute approximate surface area is 97.9 Å². The summed E-state index contributed by atoms with van der Waals surface area (Å²) in [7, 11) is 0. The van der Waals surface area contributed by atoms with Gasteiger partial charge in [-0.05, 0) is 17.2 Å². The van der Waals surface area contributed by atoms with Crippen molar-refractivity contribution in [2.75, 3.05) is 0 Å². The third kappa shape index (κ3) is 2.70. The Hall–Kier alpha value is -2.14. The van der Waals surface area contributed by atoms with Crippen LogP contribution in [0.4, 0.5) is 0 Å². The first-order valence-corrected chi connectivity index (χ1v) is 5.13. The number of benzene rings is 1. The van der Waals surface area contributed by atoms with Crippen LogP contribution in [0.2, 0.25) is 0 Å². The minimum absolute atomic E-state index is 0.0168. The lowest BCUT2D eigenvalue weighted by molar-refractivity contribution is -0.137.